The normalized spacial score (nSPS) is 11.4. The van der Waals surface area contributed by atoms with Crippen LogP contribution in [0.4, 0.5) is 0 Å². The Hall–Kier alpha value is -1.88. The van der Waals surface area contributed by atoms with E-state index in [9.17, 15) is 13.2 Å². The van der Waals surface area contributed by atoms with Crippen molar-refractivity contribution in [1.82, 2.24) is 0 Å². The van der Waals surface area contributed by atoms with Gasteiger partial charge in [0.1, 0.15) is 5.76 Å². The van der Waals surface area contributed by atoms with Gasteiger partial charge in [0.2, 0.25) is 0 Å². The van der Waals surface area contributed by atoms with Crippen molar-refractivity contribution in [1.29, 1.82) is 0 Å². The first-order chi connectivity index (χ1) is 8.39. The van der Waals surface area contributed by atoms with E-state index < -0.39 is 9.84 Å². The molecule has 0 radical (unpaired) electrons. The predicted octanol–water partition coefficient (Wildman–Crippen LogP) is 2.02. The van der Waals surface area contributed by atoms with Gasteiger partial charge in [-0.15, -0.1) is 0 Å². The van der Waals surface area contributed by atoms with Gasteiger partial charge in [-0.05, 0) is 24.6 Å². The van der Waals surface area contributed by atoms with Gasteiger partial charge in [0.25, 0.3) is 0 Å². The molecule has 1 aromatic carbocycles. The van der Waals surface area contributed by atoms with E-state index >= 15 is 0 Å². The van der Waals surface area contributed by atoms with Gasteiger partial charge in [-0.25, -0.2) is 8.42 Å². The van der Waals surface area contributed by atoms with Crippen LogP contribution in [0.3, 0.4) is 0 Å². The van der Waals surface area contributed by atoms with Crippen molar-refractivity contribution in [3.8, 4) is 11.1 Å². The lowest BCUT2D eigenvalue weighted by molar-refractivity contribution is 0.517. The Labute approximate surface area is 105 Å². The van der Waals surface area contributed by atoms with E-state index in [4.69, 9.17) is 4.42 Å². The zero-order valence-electron chi connectivity index (χ0n) is 10.0. The van der Waals surface area contributed by atoms with Crippen molar-refractivity contribution in [2.45, 2.75) is 11.8 Å². The number of hydrogen-bond acceptors (Lipinski definition) is 4. The second kappa shape index (κ2) is 4.42. The molecule has 2 rings (SSSR count). The molecule has 0 saturated carbocycles. The van der Waals surface area contributed by atoms with E-state index in [-0.39, 0.29) is 10.3 Å². The molecule has 0 aliphatic carbocycles. The quantitative estimate of drug-likeness (QED) is 0.832. The van der Waals surface area contributed by atoms with Crippen LogP contribution in [-0.2, 0) is 9.84 Å². The van der Waals surface area contributed by atoms with Crippen molar-refractivity contribution in [3.63, 3.8) is 0 Å². The molecule has 4 nitrogen and oxygen atoms in total. The summed E-state index contributed by atoms with van der Waals surface area (Å²) in [6, 6.07) is 7.52. The van der Waals surface area contributed by atoms with Crippen LogP contribution in [0.5, 0.6) is 0 Å². The average Bonchev–Trinajstić information content (AvgIpc) is 2.28. The summed E-state index contributed by atoms with van der Waals surface area (Å²) in [7, 11) is -3.22. The van der Waals surface area contributed by atoms with Crippen molar-refractivity contribution >= 4 is 9.84 Å². The third-order valence-electron chi connectivity index (χ3n) is 2.63. The van der Waals surface area contributed by atoms with Crippen LogP contribution in [0.25, 0.3) is 11.1 Å². The van der Waals surface area contributed by atoms with Crippen LogP contribution in [0.2, 0.25) is 0 Å². The average molecular weight is 264 g/mol. The maximum atomic E-state index is 11.7. The largest absolute Gasteiger partial charge is 0.469 e. The lowest BCUT2D eigenvalue weighted by Gasteiger charge is -2.04. The van der Waals surface area contributed by atoms with Gasteiger partial charge in [0.05, 0.1) is 16.7 Å². The smallest absolute Gasteiger partial charge is 0.192 e. The summed E-state index contributed by atoms with van der Waals surface area (Å²) < 4.78 is 27.8. The molecule has 0 fully saturated rings. The van der Waals surface area contributed by atoms with E-state index in [2.05, 4.69) is 0 Å². The van der Waals surface area contributed by atoms with Crippen molar-refractivity contribution in [2.75, 3.05) is 6.26 Å². The first-order valence-corrected chi connectivity index (χ1v) is 7.17. The molecule has 2 aromatic rings. The highest BCUT2D eigenvalue weighted by Gasteiger charge is 2.10. The monoisotopic (exact) mass is 264 g/mol. The summed E-state index contributed by atoms with van der Waals surface area (Å²) >= 11 is 0. The SMILES string of the molecule is Cc1occc(=O)c1-c1ccc(S(C)(=O)=O)cc1. The molecular formula is C13H12O4S. The summed E-state index contributed by atoms with van der Waals surface area (Å²) in [5.74, 6) is 0.509. The molecule has 0 amide bonds. The lowest BCUT2D eigenvalue weighted by Crippen LogP contribution is -2.04. The molecule has 1 aromatic heterocycles. The molecule has 5 heteroatoms. The van der Waals surface area contributed by atoms with Gasteiger partial charge in [0.15, 0.2) is 15.3 Å². The van der Waals surface area contributed by atoms with Gasteiger partial charge < -0.3 is 4.42 Å². The molecule has 94 valence electrons. The highest BCUT2D eigenvalue weighted by molar-refractivity contribution is 7.90. The second-order valence-corrected chi connectivity index (χ2v) is 6.03. The number of aryl methyl sites for hydroxylation is 1. The van der Waals surface area contributed by atoms with E-state index in [1.165, 1.54) is 24.5 Å². The fourth-order valence-corrected chi connectivity index (χ4v) is 2.36. The maximum Gasteiger partial charge on any atom is 0.192 e. The molecule has 0 aliphatic heterocycles. The highest BCUT2D eigenvalue weighted by Crippen LogP contribution is 2.21. The molecule has 0 unspecified atom stereocenters. The van der Waals surface area contributed by atoms with E-state index in [0.717, 1.165) is 6.26 Å². The highest BCUT2D eigenvalue weighted by atomic mass is 32.2. The standard InChI is InChI=1S/C13H12O4S/c1-9-13(12(14)7-8-17-9)10-3-5-11(6-4-10)18(2,15)16/h3-8H,1-2H3. The molecule has 0 atom stereocenters. The third kappa shape index (κ3) is 2.36. The van der Waals surface area contributed by atoms with Crippen LogP contribution in [0.15, 0.2) is 50.7 Å². The van der Waals surface area contributed by atoms with Crippen LogP contribution < -0.4 is 5.43 Å². The molecule has 0 N–H and O–H groups in total. The number of hydrogen-bond donors (Lipinski definition) is 0. The molecular weight excluding hydrogens is 252 g/mol. The third-order valence-corrected chi connectivity index (χ3v) is 3.76. The Morgan fingerprint density at radius 2 is 1.67 bits per heavy atom. The first-order valence-electron chi connectivity index (χ1n) is 5.28. The maximum absolute atomic E-state index is 11.7. The van der Waals surface area contributed by atoms with E-state index in [1.54, 1.807) is 19.1 Å². The molecule has 1 heterocycles. The van der Waals surface area contributed by atoms with Crippen LogP contribution in [-0.4, -0.2) is 14.7 Å². The predicted molar refractivity (Wildman–Crippen MR) is 68.3 cm³/mol. The first kappa shape index (κ1) is 12.6. The van der Waals surface area contributed by atoms with Gasteiger partial charge in [-0.1, -0.05) is 12.1 Å². The van der Waals surface area contributed by atoms with Gasteiger partial charge in [0, 0.05) is 12.3 Å². The molecule has 18 heavy (non-hydrogen) atoms. The Morgan fingerprint density at radius 1 is 1.06 bits per heavy atom. The van der Waals surface area contributed by atoms with Crippen molar-refractivity contribution in [2.24, 2.45) is 0 Å². The van der Waals surface area contributed by atoms with E-state index in [0.29, 0.717) is 16.9 Å². The van der Waals surface area contributed by atoms with Crippen LogP contribution in [0.1, 0.15) is 5.76 Å². The van der Waals surface area contributed by atoms with Gasteiger partial charge in [-0.3, -0.25) is 4.79 Å². The summed E-state index contributed by atoms with van der Waals surface area (Å²) in [4.78, 5) is 12.0. The summed E-state index contributed by atoms with van der Waals surface area (Å²) in [6.07, 6.45) is 2.48. The van der Waals surface area contributed by atoms with Gasteiger partial charge in [-0.2, -0.15) is 0 Å². The zero-order valence-corrected chi connectivity index (χ0v) is 10.8. The Morgan fingerprint density at radius 3 is 2.17 bits per heavy atom. The summed E-state index contributed by atoms with van der Waals surface area (Å²) in [5, 5.41) is 0. The topological polar surface area (TPSA) is 64.3 Å². The second-order valence-electron chi connectivity index (χ2n) is 4.01. The van der Waals surface area contributed by atoms with Crippen LogP contribution >= 0.6 is 0 Å². The zero-order chi connectivity index (χ0) is 13.3. The Balaban J connectivity index is 2.58. The minimum Gasteiger partial charge on any atom is -0.469 e. The lowest BCUT2D eigenvalue weighted by atomic mass is 10.1. The summed E-state index contributed by atoms with van der Waals surface area (Å²) in [6.45, 7) is 1.70. The number of sulfone groups is 1. The van der Waals surface area contributed by atoms with Crippen LogP contribution in [0, 0.1) is 6.92 Å². The van der Waals surface area contributed by atoms with Gasteiger partial charge >= 0.3 is 0 Å². The Bertz CT molecular complexity index is 724. The summed E-state index contributed by atoms with van der Waals surface area (Å²) in [5.41, 5.74) is 0.956. The Kier molecular flexibility index (Phi) is 3.09. The van der Waals surface area contributed by atoms with E-state index in [1.807, 2.05) is 0 Å². The van der Waals surface area contributed by atoms with Crippen molar-refractivity contribution in [3.05, 3.63) is 52.6 Å². The fraction of sp³-hybridized carbons (Fsp3) is 0.154. The number of rotatable bonds is 2. The molecule has 0 bridgehead atoms. The fourth-order valence-electron chi connectivity index (χ4n) is 1.73. The number of benzene rings is 1. The van der Waals surface area contributed by atoms with Crippen molar-refractivity contribution < 1.29 is 12.8 Å². The molecule has 0 spiro atoms. The minimum atomic E-state index is -3.22. The minimum absolute atomic E-state index is 0.147. The molecule has 0 aliphatic rings. The molecule has 0 saturated heterocycles.